The Labute approximate surface area is 84.9 Å². The van der Waals surface area contributed by atoms with Crippen molar-refractivity contribution < 1.29 is 9.90 Å². The molecule has 1 heterocycles. The number of carboxylic acids is 1. The summed E-state index contributed by atoms with van der Waals surface area (Å²) in [7, 11) is 0. The van der Waals surface area contributed by atoms with Crippen molar-refractivity contribution in [2.45, 2.75) is 32.1 Å². The van der Waals surface area contributed by atoms with Crippen LogP contribution in [0, 0.1) is 17.8 Å². The molecule has 3 heteroatoms. The van der Waals surface area contributed by atoms with Crippen molar-refractivity contribution in [1.29, 1.82) is 0 Å². The van der Waals surface area contributed by atoms with E-state index in [1.165, 1.54) is 32.1 Å². The van der Waals surface area contributed by atoms with Crippen molar-refractivity contribution in [2.75, 3.05) is 13.1 Å². The molecule has 0 radical (unpaired) electrons. The van der Waals surface area contributed by atoms with Crippen LogP contribution in [-0.2, 0) is 4.79 Å². The Morgan fingerprint density at radius 1 is 1.14 bits per heavy atom. The van der Waals surface area contributed by atoms with Gasteiger partial charge in [0.15, 0.2) is 0 Å². The third kappa shape index (κ3) is 1.92. The summed E-state index contributed by atoms with van der Waals surface area (Å²) in [4.78, 5) is 11.0. The van der Waals surface area contributed by atoms with Gasteiger partial charge in [-0.1, -0.05) is 32.1 Å². The third-order valence-corrected chi connectivity index (χ3v) is 3.83. The lowest BCUT2D eigenvalue weighted by Crippen LogP contribution is -2.29. The largest absolute Gasteiger partial charge is 0.481 e. The van der Waals surface area contributed by atoms with E-state index >= 15 is 0 Å². The summed E-state index contributed by atoms with van der Waals surface area (Å²) < 4.78 is 0. The molecular weight excluding hydrogens is 178 g/mol. The zero-order chi connectivity index (χ0) is 9.97. The molecule has 14 heavy (non-hydrogen) atoms. The lowest BCUT2D eigenvalue weighted by molar-refractivity contribution is -0.143. The van der Waals surface area contributed by atoms with E-state index in [-0.39, 0.29) is 5.92 Å². The van der Waals surface area contributed by atoms with Gasteiger partial charge < -0.3 is 10.4 Å². The van der Waals surface area contributed by atoms with Crippen LogP contribution in [0.4, 0.5) is 0 Å². The maximum atomic E-state index is 11.0. The molecule has 1 aliphatic heterocycles. The van der Waals surface area contributed by atoms with E-state index in [1.807, 2.05) is 0 Å². The molecule has 0 amide bonds. The van der Waals surface area contributed by atoms with Crippen LogP contribution in [0.5, 0.6) is 0 Å². The molecule has 2 rings (SSSR count). The zero-order valence-electron chi connectivity index (χ0n) is 8.54. The van der Waals surface area contributed by atoms with Gasteiger partial charge in [0.05, 0.1) is 5.92 Å². The van der Waals surface area contributed by atoms with E-state index < -0.39 is 5.97 Å². The van der Waals surface area contributed by atoms with Crippen LogP contribution in [0.15, 0.2) is 0 Å². The van der Waals surface area contributed by atoms with E-state index in [2.05, 4.69) is 5.32 Å². The van der Waals surface area contributed by atoms with Gasteiger partial charge in [0.2, 0.25) is 0 Å². The van der Waals surface area contributed by atoms with Crippen molar-refractivity contribution in [3.05, 3.63) is 0 Å². The molecule has 2 N–H and O–H groups in total. The average molecular weight is 197 g/mol. The van der Waals surface area contributed by atoms with Crippen molar-refractivity contribution in [2.24, 2.45) is 17.8 Å². The quantitative estimate of drug-likeness (QED) is 0.705. The number of rotatable bonds is 2. The molecule has 0 aromatic rings. The minimum Gasteiger partial charge on any atom is -0.481 e. The van der Waals surface area contributed by atoms with E-state index in [4.69, 9.17) is 5.11 Å². The molecule has 0 bridgehead atoms. The first-order valence-electron chi connectivity index (χ1n) is 5.72. The third-order valence-electron chi connectivity index (χ3n) is 3.83. The molecule has 0 aromatic heterocycles. The average Bonchev–Trinajstić information content (AvgIpc) is 2.67. The van der Waals surface area contributed by atoms with Crippen molar-refractivity contribution >= 4 is 5.97 Å². The maximum absolute atomic E-state index is 11.0. The number of carboxylic acid groups (broad SMARTS) is 1. The number of hydrogen-bond acceptors (Lipinski definition) is 2. The highest BCUT2D eigenvalue weighted by molar-refractivity contribution is 5.71. The summed E-state index contributed by atoms with van der Waals surface area (Å²) in [5.74, 6) is 0.330. The fourth-order valence-corrected chi connectivity index (χ4v) is 3.03. The molecule has 1 aliphatic carbocycles. The van der Waals surface area contributed by atoms with Gasteiger partial charge in [0.1, 0.15) is 0 Å². The number of carbonyl (C=O) groups is 1. The van der Waals surface area contributed by atoms with Gasteiger partial charge in [-0.15, -0.1) is 0 Å². The fraction of sp³-hybridized carbons (Fsp3) is 0.909. The standard InChI is InChI=1S/C11H19NO2/c13-11(14)10-7-12-6-9(10)8-4-2-1-3-5-8/h8-10,12H,1-7H2,(H,13,14)/t9-,10-/m0/s1. The monoisotopic (exact) mass is 197 g/mol. The van der Waals surface area contributed by atoms with Crippen molar-refractivity contribution in [3.63, 3.8) is 0 Å². The number of nitrogens with one attached hydrogen (secondary N) is 1. The van der Waals surface area contributed by atoms with Gasteiger partial charge in [0, 0.05) is 6.54 Å². The molecule has 0 spiro atoms. The Kier molecular flexibility index (Phi) is 3.06. The van der Waals surface area contributed by atoms with Crippen LogP contribution in [0.3, 0.4) is 0 Å². The summed E-state index contributed by atoms with van der Waals surface area (Å²) in [6.45, 7) is 1.60. The summed E-state index contributed by atoms with van der Waals surface area (Å²) in [5, 5.41) is 12.3. The zero-order valence-corrected chi connectivity index (χ0v) is 8.54. The highest BCUT2D eigenvalue weighted by Gasteiger charge is 2.37. The van der Waals surface area contributed by atoms with Gasteiger partial charge >= 0.3 is 5.97 Å². The predicted octanol–water partition coefficient (Wildman–Crippen LogP) is 1.49. The first-order chi connectivity index (χ1) is 6.79. The van der Waals surface area contributed by atoms with Crippen LogP contribution >= 0.6 is 0 Å². The highest BCUT2D eigenvalue weighted by Crippen LogP contribution is 2.35. The van der Waals surface area contributed by atoms with Crippen molar-refractivity contribution in [3.8, 4) is 0 Å². The van der Waals surface area contributed by atoms with Gasteiger partial charge in [0.25, 0.3) is 0 Å². The Morgan fingerprint density at radius 3 is 2.50 bits per heavy atom. The molecule has 80 valence electrons. The van der Waals surface area contributed by atoms with E-state index in [0.717, 1.165) is 6.54 Å². The normalized spacial score (nSPS) is 34.6. The van der Waals surface area contributed by atoms with Crippen LogP contribution in [-0.4, -0.2) is 24.2 Å². The van der Waals surface area contributed by atoms with Crippen LogP contribution in [0.1, 0.15) is 32.1 Å². The van der Waals surface area contributed by atoms with Crippen LogP contribution < -0.4 is 5.32 Å². The SMILES string of the molecule is O=C(O)[C@H]1CNC[C@H]1C1CCCCC1. The second-order valence-electron chi connectivity index (χ2n) is 4.66. The van der Waals surface area contributed by atoms with Crippen LogP contribution in [0.2, 0.25) is 0 Å². The first kappa shape index (κ1) is 9.97. The molecule has 2 aliphatic rings. The summed E-state index contributed by atoms with van der Waals surface area (Å²) in [6.07, 6.45) is 6.43. The predicted molar refractivity (Wildman–Crippen MR) is 54.1 cm³/mol. The van der Waals surface area contributed by atoms with Crippen LogP contribution in [0.25, 0.3) is 0 Å². The second-order valence-corrected chi connectivity index (χ2v) is 4.66. The highest BCUT2D eigenvalue weighted by atomic mass is 16.4. The Hall–Kier alpha value is -0.570. The number of hydrogen-bond donors (Lipinski definition) is 2. The fourth-order valence-electron chi connectivity index (χ4n) is 3.03. The Morgan fingerprint density at radius 2 is 1.86 bits per heavy atom. The first-order valence-corrected chi connectivity index (χ1v) is 5.72. The van der Waals surface area contributed by atoms with Gasteiger partial charge in [-0.3, -0.25) is 4.79 Å². The summed E-state index contributed by atoms with van der Waals surface area (Å²) in [5.41, 5.74) is 0. The van der Waals surface area contributed by atoms with Gasteiger partial charge in [-0.2, -0.15) is 0 Å². The van der Waals surface area contributed by atoms with E-state index in [0.29, 0.717) is 18.4 Å². The minimum atomic E-state index is -0.606. The lowest BCUT2D eigenvalue weighted by atomic mass is 9.75. The van der Waals surface area contributed by atoms with Gasteiger partial charge in [-0.05, 0) is 18.4 Å². The molecule has 0 aromatic carbocycles. The molecular formula is C11H19NO2. The molecule has 1 saturated carbocycles. The maximum Gasteiger partial charge on any atom is 0.308 e. The Bertz CT molecular complexity index is 211. The van der Waals surface area contributed by atoms with E-state index in [1.54, 1.807) is 0 Å². The molecule has 3 nitrogen and oxygen atoms in total. The minimum absolute atomic E-state index is 0.127. The molecule has 2 fully saturated rings. The lowest BCUT2D eigenvalue weighted by Gasteiger charge is -2.29. The molecule has 2 atom stereocenters. The molecule has 1 saturated heterocycles. The number of aliphatic carboxylic acids is 1. The smallest absolute Gasteiger partial charge is 0.308 e. The molecule has 0 unspecified atom stereocenters. The second kappa shape index (κ2) is 4.30. The Balaban J connectivity index is 1.97. The van der Waals surface area contributed by atoms with E-state index in [9.17, 15) is 4.79 Å². The van der Waals surface area contributed by atoms with Crippen molar-refractivity contribution in [1.82, 2.24) is 5.32 Å². The summed E-state index contributed by atoms with van der Waals surface area (Å²) in [6, 6.07) is 0. The topological polar surface area (TPSA) is 49.3 Å². The summed E-state index contributed by atoms with van der Waals surface area (Å²) >= 11 is 0. The van der Waals surface area contributed by atoms with Gasteiger partial charge in [-0.25, -0.2) is 0 Å².